The number of ketones is 1. The van der Waals surface area contributed by atoms with Gasteiger partial charge in [-0.1, -0.05) is 30.3 Å². The van der Waals surface area contributed by atoms with Gasteiger partial charge in [0.2, 0.25) is 0 Å². The Morgan fingerprint density at radius 2 is 2.00 bits per heavy atom. The lowest BCUT2D eigenvalue weighted by molar-refractivity contribution is 0.105. The summed E-state index contributed by atoms with van der Waals surface area (Å²) in [7, 11) is 1.60. The van der Waals surface area contributed by atoms with E-state index in [0.717, 1.165) is 16.8 Å². The fourth-order valence-electron chi connectivity index (χ4n) is 2.28. The molecule has 0 aliphatic rings. The molecule has 0 saturated heterocycles. The monoisotopic (exact) mass is 270 g/mol. The highest BCUT2D eigenvalue weighted by Crippen LogP contribution is 2.27. The molecule has 1 radical (unpaired) electrons. The Morgan fingerprint density at radius 3 is 2.60 bits per heavy atom. The number of aryl methyl sites for hydroxylation is 1. The number of Topliss-reactive ketones (excluding diaryl/α,β-unsaturated/α-hetero) is 1. The Kier molecular flexibility index (Phi) is 4.48. The fraction of sp³-hybridized carbons (Fsp3) is 0.250. The van der Waals surface area contributed by atoms with Crippen LogP contribution in [0.3, 0.4) is 0 Å². The van der Waals surface area contributed by atoms with E-state index in [1.165, 1.54) is 6.29 Å². The Labute approximate surface area is 118 Å². The van der Waals surface area contributed by atoms with Crippen LogP contribution >= 0.6 is 0 Å². The van der Waals surface area contributed by atoms with E-state index in [1.807, 2.05) is 43.3 Å². The van der Waals surface area contributed by atoms with Gasteiger partial charge in [-0.15, -0.1) is 0 Å². The molecule has 0 N–H and O–H groups in total. The van der Waals surface area contributed by atoms with Crippen molar-refractivity contribution >= 4 is 12.1 Å². The first-order chi connectivity index (χ1) is 9.69. The van der Waals surface area contributed by atoms with Crippen LogP contribution in [0.5, 0.6) is 0 Å². The van der Waals surface area contributed by atoms with Crippen molar-refractivity contribution in [2.24, 2.45) is 0 Å². The van der Waals surface area contributed by atoms with Gasteiger partial charge >= 0.3 is 0 Å². The number of hydrogen-bond acceptors (Lipinski definition) is 3. The molecule has 0 aliphatic carbocycles. The van der Waals surface area contributed by atoms with Gasteiger partial charge in [0.05, 0.1) is 6.61 Å². The number of benzene rings is 1. The van der Waals surface area contributed by atoms with E-state index in [0.29, 0.717) is 18.8 Å². The van der Waals surface area contributed by atoms with Gasteiger partial charge < -0.3 is 9.30 Å². The number of nitrogens with zero attached hydrogens (tertiary/aromatic N) is 1. The zero-order valence-electron chi connectivity index (χ0n) is 11.6. The molecule has 1 aromatic carbocycles. The fourth-order valence-corrected chi connectivity index (χ4v) is 2.28. The lowest BCUT2D eigenvalue weighted by atomic mass is 10.0. The van der Waals surface area contributed by atoms with Crippen molar-refractivity contribution in [2.45, 2.75) is 13.5 Å². The molecule has 0 spiro atoms. The standard InChI is InChI=1S/C16H16NO3/c1-12-10-14(13-6-4-3-5-7-13)16(15(19)11-18)17(12)8-9-20-2/h3-7,10H,8-9H2,1-2H3. The molecule has 20 heavy (non-hydrogen) atoms. The second kappa shape index (κ2) is 6.30. The van der Waals surface area contributed by atoms with Gasteiger partial charge in [-0.05, 0) is 18.6 Å². The third-order valence-corrected chi connectivity index (χ3v) is 3.22. The molecule has 4 nitrogen and oxygen atoms in total. The second-order valence-corrected chi connectivity index (χ2v) is 4.49. The predicted molar refractivity (Wildman–Crippen MR) is 76.5 cm³/mol. The highest BCUT2D eigenvalue weighted by atomic mass is 16.5. The molecular weight excluding hydrogens is 254 g/mol. The quantitative estimate of drug-likeness (QED) is 0.598. The molecular formula is C16H16NO3. The smallest absolute Gasteiger partial charge is 0.279 e. The molecule has 103 valence electrons. The van der Waals surface area contributed by atoms with Gasteiger partial charge in [0.1, 0.15) is 5.69 Å². The first-order valence-corrected chi connectivity index (χ1v) is 6.36. The largest absolute Gasteiger partial charge is 0.383 e. The van der Waals surface area contributed by atoms with Gasteiger partial charge in [0.25, 0.3) is 12.1 Å². The zero-order chi connectivity index (χ0) is 14.5. The summed E-state index contributed by atoms with van der Waals surface area (Å²) < 4.78 is 6.86. The molecule has 2 rings (SSSR count). The van der Waals surface area contributed by atoms with Crippen LogP contribution in [0.25, 0.3) is 11.1 Å². The maximum atomic E-state index is 11.9. The lowest BCUT2D eigenvalue weighted by Crippen LogP contribution is -2.14. The highest BCUT2D eigenvalue weighted by molar-refractivity contribution is 6.34. The van der Waals surface area contributed by atoms with Crippen LogP contribution in [0.2, 0.25) is 0 Å². The van der Waals surface area contributed by atoms with E-state index in [2.05, 4.69) is 0 Å². The minimum atomic E-state index is -0.631. The van der Waals surface area contributed by atoms with Crippen LogP contribution in [0.15, 0.2) is 36.4 Å². The van der Waals surface area contributed by atoms with Crippen LogP contribution in [-0.4, -0.2) is 30.4 Å². The predicted octanol–water partition coefficient (Wildman–Crippen LogP) is 2.40. The molecule has 0 aliphatic heterocycles. The summed E-state index contributed by atoms with van der Waals surface area (Å²) in [4.78, 5) is 22.7. The van der Waals surface area contributed by atoms with Gasteiger partial charge in [-0.25, -0.2) is 0 Å². The van der Waals surface area contributed by atoms with E-state index in [9.17, 15) is 9.59 Å². The highest BCUT2D eigenvalue weighted by Gasteiger charge is 2.20. The molecule has 0 amide bonds. The van der Waals surface area contributed by atoms with E-state index >= 15 is 0 Å². The Balaban J connectivity index is 2.57. The Morgan fingerprint density at radius 1 is 1.30 bits per heavy atom. The number of aromatic nitrogens is 1. The summed E-state index contributed by atoms with van der Waals surface area (Å²) in [6, 6.07) is 11.4. The number of carbonyl (C=O) groups excluding carboxylic acids is 2. The van der Waals surface area contributed by atoms with Crippen molar-refractivity contribution in [3.8, 4) is 11.1 Å². The van der Waals surface area contributed by atoms with Crippen LogP contribution < -0.4 is 0 Å². The average Bonchev–Trinajstić information content (AvgIpc) is 2.82. The molecule has 0 saturated carbocycles. The number of rotatable bonds is 6. The van der Waals surface area contributed by atoms with Crippen molar-refractivity contribution in [3.63, 3.8) is 0 Å². The van der Waals surface area contributed by atoms with E-state index in [4.69, 9.17) is 4.74 Å². The van der Waals surface area contributed by atoms with E-state index in [1.54, 1.807) is 11.7 Å². The summed E-state index contributed by atoms with van der Waals surface area (Å²) in [5.41, 5.74) is 2.96. The number of methoxy groups -OCH3 is 1. The van der Waals surface area contributed by atoms with Crippen LogP contribution in [-0.2, 0) is 16.1 Å². The Hall–Kier alpha value is -2.20. The molecule has 0 atom stereocenters. The molecule has 4 heteroatoms. The normalized spacial score (nSPS) is 10.5. The first kappa shape index (κ1) is 14.2. The topological polar surface area (TPSA) is 48.3 Å². The minimum Gasteiger partial charge on any atom is -0.383 e. The summed E-state index contributed by atoms with van der Waals surface area (Å²) in [6.07, 6.45) is 1.47. The second-order valence-electron chi connectivity index (χ2n) is 4.49. The van der Waals surface area contributed by atoms with Crippen molar-refractivity contribution in [1.82, 2.24) is 4.57 Å². The number of carbonyl (C=O) groups is 1. The van der Waals surface area contributed by atoms with Gasteiger partial charge in [-0.2, -0.15) is 0 Å². The number of hydrogen-bond donors (Lipinski definition) is 0. The number of ether oxygens (including phenoxy) is 1. The molecule has 1 heterocycles. The Bertz CT molecular complexity index is 614. The molecule has 0 unspecified atom stereocenters. The summed E-state index contributed by atoms with van der Waals surface area (Å²) in [6.45, 7) is 2.91. The van der Waals surface area contributed by atoms with Crippen molar-refractivity contribution < 1.29 is 14.3 Å². The lowest BCUT2D eigenvalue weighted by Gasteiger charge is -2.09. The maximum Gasteiger partial charge on any atom is 0.279 e. The molecule has 0 bridgehead atoms. The van der Waals surface area contributed by atoms with Crippen LogP contribution in [0.4, 0.5) is 0 Å². The summed E-state index contributed by atoms with van der Waals surface area (Å²) in [5.74, 6) is -0.631. The minimum absolute atomic E-state index is 0.376. The van der Waals surface area contributed by atoms with Gasteiger partial charge in [-0.3, -0.25) is 9.59 Å². The van der Waals surface area contributed by atoms with Crippen LogP contribution in [0.1, 0.15) is 16.2 Å². The van der Waals surface area contributed by atoms with E-state index < -0.39 is 5.78 Å². The molecule has 0 fully saturated rings. The molecule has 2 aromatic rings. The van der Waals surface area contributed by atoms with Crippen molar-refractivity contribution in [3.05, 3.63) is 47.8 Å². The third kappa shape index (κ3) is 2.70. The zero-order valence-corrected chi connectivity index (χ0v) is 11.6. The SMILES string of the molecule is COCCn1c(C)cc(-c2ccccc2)c1C(=O)[C]=O. The van der Waals surface area contributed by atoms with Gasteiger partial charge in [0.15, 0.2) is 0 Å². The summed E-state index contributed by atoms with van der Waals surface area (Å²) in [5, 5.41) is 0. The third-order valence-electron chi connectivity index (χ3n) is 3.22. The van der Waals surface area contributed by atoms with Crippen molar-refractivity contribution in [1.29, 1.82) is 0 Å². The van der Waals surface area contributed by atoms with Crippen LogP contribution in [0, 0.1) is 6.92 Å². The molecule has 1 aromatic heterocycles. The van der Waals surface area contributed by atoms with E-state index in [-0.39, 0.29) is 0 Å². The average molecular weight is 270 g/mol. The maximum absolute atomic E-state index is 11.9. The first-order valence-electron chi connectivity index (χ1n) is 6.36. The van der Waals surface area contributed by atoms with Crippen molar-refractivity contribution in [2.75, 3.05) is 13.7 Å². The van der Waals surface area contributed by atoms with Gasteiger partial charge in [0, 0.05) is 24.9 Å². The summed E-state index contributed by atoms with van der Waals surface area (Å²) >= 11 is 0.